The first kappa shape index (κ1) is 29.7. The summed E-state index contributed by atoms with van der Waals surface area (Å²) in [5.41, 5.74) is 11.6. The molecule has 1 aliphatic rings. The lowest BCUT2D eigenvalue weighted by molar-refractivity contribution is 1.28. The summed E-state index contributed by atoms with van der Waals surface area (Å²) in [5.74, 6) is 0. The van der Waals surface area contributed by atoms with Crippen LogP contribution in [0, 0.1) is 0 Å². The van der Waals surface area contributed by atoms with E-state index in [1.54, 1.807) is 0 Å². The molecule has 0 saturated carbocycles. The maximum absolute atomic E-state index is 5.42. The standard InChI is InChI=1S/C50H29N3S/c1-2-12-32-27-45-40(26-31(32)11-1)39-18-9-14-30-15-10-21-43(48(30)39)53(45)44-28-35(25-33-13-3-4-16-36(33)44)50-49(51-41-19-6-7-20-42(41)52-50)34-23-24-38-37-17-5-8-22-46(37)54-47(38)29-34/h1-29H. The zero-order valence-electron chi connectivity index (χ0n) is 29.0. The minimum Gasteiger partial charge on any atom is -0.309 e. The number of anilines is 3. The van der Waals surface area contributed by atoms with Gasteiger partial charge in [0, 0.05) is 47.6 Å². The summed E-state index contributed by atoms with van der Waals surface area (Å²) in [6.07, 6.45) is 0. The molecule has 0 fully saturated rings. The molecule has 11 aromatic rings. The molecule has 250 valence electrons. The van der Waals surface area contributed by atoms with Gasteiger partial charge in [0.05, 0.1) is 39.5 Å². The first-order chi connectivity index (χ1) is 26.7. The summed E-state index contributed by atoms with van der Waals surface area (Å²) in [6.45, 7) is 0. The zero-order valence-corrected chi connectivity index (χ0v) is 29.8. The molecule has 4 heteroatoms. The third-order valence-corrected chi connectivity index (χ3v) is 12.2. The predicted molar refractivity (Wildman–Crippen MR) is 229 cm³/mol. The molecule has 2 aromatic heterocycles. The van der Waals surface area contributed by atoms with Crippen LogP contribution in [0.1, 0.15) is 0 Å². The summed E-state index contributed by atoms with van der Waals surface area (Å²) in [6, 6.07) is 63.8. The first-order valence-corrected chi connectivity index (χ1v) is 19.1. The van der Waals surface area contributed by atoms with E-state index in [1.807, 2.05) is 23.5 Å². The topological polar surface area (TPSA) is 29.0 Å². The van der Waals surface area contributed by atoms with Crippen LogP contribution in [0.25, 0.3) is 97.2 Å². The lowest BCUT2D eigenvalue weighted by Crippen LogP contribution is -2.15. The molecule has 0 aliphatic carbocycles. The lowest BCUT2D eigenvalue weighted by atomic mass is 9.88. The van der Waals surface area contributed by atoms with Crippen molar-refractivity contribution in [2.45, 2.75) is 0 Å². The predicted octanol–water partition coefficient (Wildman–Crippen LogP) is 14.2. The molecule has 1 aliphatic heterocycles. The van der Waals surface area contributed by atoms with Crippen LogP contribution in [0.15, 0.2) is 176 Å². The average Bonchev–Trinajstić information content (AvgIpc) is 3.60. The molecule has 0 atom stereocenters. The highest BCUT2D eigenvalue weighted by molar-refractivity contribution is 7.25. The minimum atomic E-state index is 0.871. The van der Waals surface area contributed by atoms with Gasteiger partial charge in [-0.25, -0.2) is 9.97 Å². The second-order valence-electron chi connectivity index (χ2n) is 14.2. The van der Waals surface area contributed by atoms with Gasteiger partial charge in [-0.2, -0.15) is 0 Å². The molecule has 3 nitrogen and oxygen atoms in total. The number of hydrogen-bond acceptors (Lipinski definition) is 4. The van der Waals surface area contributed by atoms with E-state index in [0.717, 1.165) is 44.6 Å². The third-order valence-electron chi connectivity index (χ3n) is 11.1. The monoisotopic (exact) mass is 703 g/mol. The molecule has 0 radical (unpaired) electrons. The van der Waals surface area contributed by atoms with Gasteiger partial charge in [0.1, 0.15) is 0 Å². The molecule has 54 heavy (non-hydrogen) atoms. The Morgan fingerprint density at radius 2 is 1.02 bits per heavy atom. The Morgan fingerprint density at radius 1 is 0.370 bits per heavy atom. The Labute approximate surface area is 315 Å². The van der Waals surface area contributed by atoms with Crippen molar-refractivity contribution >= 4 is 91.9 Å². The fourth-order valence-electron chi connectivity index (χ4n) is 8.64. The number of hydrogen-bond donors (Lipinski definition) is 0. The van der Waals surface area contributed by atoms with Crippen LogP contribution in [-0.4, -0.2) is 9.97 Å². The maximum atomic E-state index is 5.42. The normalized spacial score (nSPS) is 12.4. The highest BCUT2D eigenvalue weighted by Crippen LogP contribution is 2.54. The largest absolute Gasteiger partial charge is 0.309 e. The van der Waals surface area contributed by atoms with Crippen molar-refractivity contribution < 1.29 is 0 Å². The highest BCUT2D eigenvalue weighted by atomic mass is 32.1. The van der Waals surface area contributed by atoms with E-state index in [0.29, 0.717) is 0 Å². The lowest BCUT2D eigenvalue weighted by Gasteiger charge is -2.35. The quantitative estimate of drug-likeness (QED) is 0.183. The third kappa shape index (κ3) is 4.35. The Balaban J connectivity index is 1.16. The van der Waals surface area contributed by atoms with Gasteiger partial charge < -0.3 is 4.90 Å². The molecule has 0 N–H and O–H groups in total. The second-order valence-corrected chi connectivity index (χ2v) is 15.3. The Bertz CT molecular complexity index is 3350. The number of fused-ring (bicyclic) bond motifs is 8. The summed E-state index contributed by atoms with van der Waals surface area (Å²) in [5, 5.41) is 9.84. The molecule has 0 bridgehead atoms. The number of aromatic nitrogens is 2. The van der Waals surface area contributed by atoms with Crippen molar-refractivity contribution in [1.29, 1.82) is 0 Å². The Kier molecular flexibility index (Phi) is 6.21. The van der Waals surface area contributed by atoms with E-state index >= 15 is 0 Å². The fraction of sp³-hybridized carbons (Fsp3) is 0. The number of nitrogens with zero attached hydrogens (tertiary/aromatic N) is 3. The molecule has 0 saturated heterocycles. The van der Waals surface area contributed by atoms with E-state index in [1.165, 1.54) is 69.6 Å². The van der Waals surface area contributed by atoms with Crippen molar-refractivity contribution in [3.63, 3.8) is 0 Å². The maximum Gasteiger partial charge on any atom is 0.0974 e. The summed E-state index contributed by atoms with van der Waals surface area (Å²) < 4.78 is 2.54. The van der Waals surface area contributed by atoms with Crippen LogP contribution in [0.3, 0.4) is 0 Å². The number of rotatable bonds is 3. The zero-order chi connectivity index (χ0) is 35.3. The van der Waals surface area contributed by atoms with Crippen LogP contribution in [0.4, 0.5) is 17.1 Å². The van der Waals surface area contributed by atoms with Gasteiger partial charge in [0.25, 0.3) is 0 Å². The van der Waals surface area contributed by atoms with E-state index in [-0.39, 0.29) is 0 Å². The van der Waals surface area contributed by atoms with Crippen molar-refractivity contribution in [2.24, 2.45) is 0 Å². The van der Waals surface area contributed by atoms with Gasteiger partial charge in [-0.15, -0.1) is 11.3 Å². The van der Waals surface area contributed by atoms with E-state index < -0.39 is 0 Å². The van der Waals surface area contributed by atoms with Gasteiger partial charge in [0.2, 0.25) is 0 Å². The van der Waals surface area contributed by atoms with Crippen LogP contribution >= 0.6 is 11.3 Å². The molecular weight excluding hydrogens is 675 g/mol. The van der Waals surface area contributed by atoms with Crippen LogP contribution < -0.4 is 4.90 Å². The van der Waals surface area contributed by atoms with Gasteiger partial charge in [0.15, 0.2) is 0 Å². The second kappa shape index (κ2) is 11.3. The Hall–Kier alpha value is -6.88. The van der Waals surface area contributed by atoms with E-state index in [9.17, 15) is 0 Å². The summed E-state index contributed by atoms with van der Waals surface area (Å²) >= 11 is 1.83. The highest BCUT2D eigenvalue weighted by Gasteiger charge is 2.28. The van der Waals surface area contributed by atoms with E-state index in [2.05, 4.69) is 169 Å². The molecule has 9 aromatic carbocycles. The summed E-state index contributed by atoms with van der Waals surface area (Å²) in [7, 11) is 0. The van der Waals surface area contributed by atoms with Crippen molar-refractivity contribution in [2.75, 3.05) is 4.90 Å². The average molecular weight is 704 g/mol. The van der Waals surface area contributed by atoms with Crippen molar-refractivity contribution in [3.8, 4) is 33.6 Å². The minimum absolute atomic E-state index is 0.871. The van der Waals surface area contributed by atoms with Gasteiger partial charge in [-0.1, -0.05) is 121 Å². The van der Waals surface area contributed by atoms with E-state index in [4.69, 9.17) is 9.97 Å². The van der Waals surface area contributed by atoms with Gasteiger partial charge in [-0.3, -0.25) is 0 Å². The van der Waals surface area contributed by atoms with Crippen molar-refractivity contribution in [1.82, 2.24) is 9.97 Å². The van der Waals surface area contributed by atoms with Crippen LogP contribution in [0.2, 0.25) is 0 Å². The van der Waals surface area contributed by atoms with Gasteiger partial charge >= 0.3 is 0 Å². The fourth-order valence-corrected chi connectivity index (χ4v) is 9.78. The molecule has 0 amide bonds. The smallest absolute Gasteiger partial charge is 0.0974 e. The number of benzene rings is 9. The molecule has 0 unspecified atom stereocenters. The van der Waals surface area contributed by atoms with Crippen molar-refractivity contribution in [3.05, 3.63) is 176 Å². The number of thiophene rings is 1. The SMILES string of the molecule is c1ccc2cc3c(cc2c1)-c1cccc2cccc(c12)N3c1cc(-c2nc3ccccc3nc2-c2ccc3c(c2)sc2ccccc23)cc2ccccc12. The van der Waals surface area contributed by atoms with Crippen LogP contribution in [0.5, 0.6) is 0 Å². The number of para-hydroxylation sites is 2. The molecular formula is C50H29N3S. The molecule has 0 spiro atoms. The van der Waals surface area contributed by atoms with Gasteiger partial charge in [-0.05, 0) is 81.7 Å². The molecule has 3 heterocycles. The first-order valence-electron chi connectivity index (χ1n) is 18.3. The molecule has 12 rings (SSSR count). The van der Waals surface area contributed by atoms with Crippen LogP contribution in [-0.2, 0) is 0 Å². The summed E-state index contributed by atoms with van der Waals surface area (Å²) in [4.78, 5) is 13.3. The Morgan fingerprint density at radius 3 is 1.85 bits per heavy atom.